The molecule has 2 aromatic carbocycles. The molecule has 3 heterocycles. The minimum atomic E-state index is -1.13. The molecule has 10 heteroatoms. The van der Waals surface area contributed by atoms with Crippen LogP contribution in [-0.2, 0) is 9.59 Å². The van der Waals surface area contributed by atoms with Crippen LogP contribution < -0.4 is 10.2 Å². The lowest BCUT2D eigenvalue weighted by Crippen LogP contribution is -2.58. The number of aryl methyl sites for hydroxylation is 3. The van der Waals surface area contributed by atoms with Crippen molar-refractivity contribution in [3.05, 3.63) is 65.5 Å². The van der Waals surface area contributed by atoms with E-state index in [2.05, 4.69) is 26.3 Å². The number of amides is 1. The Bertz CT molecular complexity index is 1470. The first kappa shape index (κ1) is 22.6. The minimum absolute atomic E-state index is 0.0712. The van der Waals surface area contributed by atoms with E-state index >= 15 is 0 Å². The lowest BCUT2D eigenvalue weighted by molar-refractivity contribution is -0.140. The molecule has 1 aliphatic heterocycles. The third kappa shape index (κ3) is 4.60. The Balaban J connectivity index is 1.54. The number of carbonyl (C=O) groups is 2. The minimum Gasteiger partial charge on any atom is -0.480 e. The lowest BCUT2D eigenvalue weighted by Gasteiger charge is -2.35. The molecule has 0 saturated carbocycles. The van der Waals surface area contributed by atoms with E-state index in [0.29, 0.717) is 5.69 Å². The lowest BCUT2D eigenvalue weighted by atomic mass is 10.1. The summed E-state index contributed by atoms with van der Waals surface area (Å²) >= 11 is 1.60. The topological polar surface area (TPSA) is 121 Å². The second-order valence-electron chi connectivity index (χ2n) is 8.40. The van der Waals surface area contributed by atoms with Crippen molar-refractivity contribution in [3.8, 4) is 10.6 Å². The molecule has 0 radical (unpaired) electrons. The first-order valence-electron chi connectivity index (χ1n) is 11.0. The Kier molecular flexibility index (Phi) is 5.73. The average Bonchev–Trinajstić information content (AvgIpc) is 3.21. The highest BCUT2D eigenvalue weighted by molar-refractivity contribution is 7.21. The molecule has 1 unspecified atom stereocenters. The van der Waals surface area contributed by atoms with Gasteiger partial charge in [-0.3, -0.25) is 15.0 Å². The van der Waals surface area contributed by atoms with Crippen LogP contribution in [-0.4, -0.2) is 43.9 Å². The van der Waals surface area contributed by atoms with Gasteiger partial charge in [0.25, 0.3) is 5.95 Å². The fourth-order valence-corrected chi connectivity index (χ4v) is 5.07. The summed E-state index contributed by atoms with van der Waals surface area (Å²) in [6, 6.07) is 14.2. The van der Waals surface area contributed by atoms with Crippen LogP contribution in [0.25, 0.3) is 20.8 Å². The van der Waals surface area contributed by atoms with Gasteiger partial charge in [-0.25, -0.2) is 19.7 Å². The number of thiazole rings is 1. The van der Waals surface area contributed by atoms with E-state index in [1.807, 2.05) is 51.1 Å². The van der Waals surface area contributed by atoms with Crippen LogP contribution in [0.4, 0.5) is 11.6 Å². The Morgan fingerprint density at radius 1 is 1.06 bits per heavy atom. The van der Waals surface area contributed by atoms with Crippen molar-refractivity contribution in [1.82, 2.24) is 20.3 Å². The molecule has 1 fully saturated rings. The van der Waals surface area contributed by atoms with Gasteiger partial charge in [0, 0.05) is 22.6 Å². The van der Waals surface area contributed by atoms with E-state index < -0.39 is 17.9 Å². The molecule has 0 spiro atoms. The maximum absolute atomic E-state index is 12.3. The average molecular weight is 487 g/mol. The van der Waals surface area contributed by atoms with Crippen molar-refractivity contribution in [2.24, 2.45) is 4.99 Å². The first-order chi connectivity index (χ1) is 16.8. The summed E-state index contributed by atoms with van der Waals surface area (Å²) in [5.41, 5.74) is 5.03. The summed E-state index contributed by atoms with van der Waals surface area (Å²) in [5, 5.41) is 13.4. The third-order valence-electron chi connectivity index (χ3n) is 5.57. The summed E-state index contributed by atoms with van der Waals surface area (Å²) in [4.78, 5) is 43.6. The van der Waals surface area contributed by atoms with Crippen LogP contribution >= 0.6 is 11.3 Å². The quantitative estimate of drug-likeness (QED) is 0.445. The molecule has 0 aliphatic carbocycles. The predicted octanol–water partition coefficient (Wildman–Crippen LogP) is 4.15. The van der Waals surface area contributed by atoms with E-state index in [4.69, 9.17) is 4.98 Å². The Morgan fingerprint density at radius 2 is 1.77 bits per heavy atom. The van der Waals surface area contributed by atoms with Gasteiger partial charge in [-0.15, -0.1) is 11.3 Å². The van der Waals surface area contributed by atoms with Crippen molar-refractivity contribution in [2.45, 2.75) is 33.2 Å². The number of guanidine groups is 1. The number of carboxylic acid groups (broad SMARTS) is 1. The number of aliphatic carboxylic acids is 1. The van der Waals surface area contributed by atoms with Crippen molar-refractivity contribution >= 4 is 51.0 Å². The van der Waals surface area contributed by atoms with Gasteiger partial charge in [-0.1, -0.05) is 6.07 Å². The van der Waals surface area contributed by atoms with Crippen molar-refractivity contribution in [3.63, 3.8) is 0 Å². The summed E-state index contributed by atoms with van der Waals surface area (Å²) < 4.78 is 1.11. The molecule has 2 aromatic heterocycles. The summed E-state index contributed by atoms with van der Waals surface area (Å²) in [5.74, 6) is -1.34. The summed E-state index contributed by atoms with van der Waals surface area (Å²) in [6.45, 7) is 5.68. The second kappa shape index (κ2) is 8.88. The van der Waals surface area contributed by atoms with E-state index in [0.717, 1.165) is 32.2 Å². The normalized spacial score (nSPS) is 17.1. The molecule has 2 N–H and O–H groups in total. The van der Waals surface area contributed by atoms with E-state index in [9.17, 15) is 14.7 Å². The molecule has 5 rings (SSSR count). The van der Waals surface area contributed by atoms with Gasteiger partial charge in [0.05, 0.1) is 16.6 Å². The molecule has 0 bridgehead atoms. The standard InChI is InChI=1S/C25H22N6O3S/c1-13-4-9-18-20(10-13)35-22(28-18)16-5-7-17(8-6-16)31-19(23(33)34)12-21(32)29-25(31)30-24-26-14(2)11-15(3)27-24/h4-11,19H,12H2,1-3H3,(H,33,34)(H,26,27,29,30,32). The molecule has 1 amide bonds. The van der Waals surface area contributed by atoms with Gasteiger partial charge < -0.3 is 5.11 Å². The number of hydrogen-bond donors (Lipinski definition) is 2. The number of hydrogen-bond acceptors (Lipinski definition) is 7. The van der Waals surface area contributed by atoms with E-state index in [-0.39, 0.29) is 18.3 Å². The SMILES string of the molecule is Cc1ccc2nc(-c3ccc(N4C(=Nc5nc(C)cc(C)n5)NC(=O)CC4C(=O)O)cc3)sc2c1. The highest BCUT2D eigenvalue weighted by Gasteiger charge is 2.37. The molecule has 176 valence electrons. The molecule has 1 aliphatic rings. The highest BCUT2D eigenvalue weighted by atomic mass is 32.1. The number of carbonyl (C=O) groups excluding carboxylic acids is 1. The first-order valence-corrected chi connectivity index (χ1v) is 11.8. The molecule has 1 saturated heterocycles. The zero-order valence-electron chi connectivity index (χ0n) is 19.3. The number of aliphatic imine (C=N–C) groups is 1. The highest BCUT2D eigenvalue weighted by Crippen LogP contribution is 2.32. The summed E-state index contributed by atoms with van der Waals surface area (Å²) in [6.07, 6.45) is -0.207. The van der Waals surface area contributed by atoms with E-state index in [1.54, 1.807) is 23.5 Å². The van der Waals surface area contributed by atoms with Gasteiger partial charge >= 0.3 is 5.97 Å². The Morgan fingerprint density at radius 3 is 2.46 bits per heavy atom. The number of benzene rings is 2. The van der Waals surface area contributed by atoms with Crippen molar-refractivity contribution in [1.29, 1.82) is 0 Å². The van der Waals surface area contributed by atoms with Crippen LogP contribution in [0, 0.1) is 20.8 Å². The molecule has 9 nitrogen and oxygen atoms in total. The van der Waals surface area contributed by atoms with Crippen LogP contribution in [0.15, 0.2) is 53.5 Å². The van der Waals surface area contributed by atoms with Crippen molar-refractivity contribution < 1.29 is 14.7 Å². The van der Waals surface area contributed by atoms with Gasteiger partial charge in [0.1, 0.15) is 11.0 Å². The fraction of sp³-hybridized carbons (Fsp3) is 0.200. The monoisotopic (exact) mass is 486 g/mol. The van der Waals surface area contributed by atoms with Gasteiger partial charge in [0.15, 0.2) is 0 Å². The summed E-state index contributed by atoms with van der Waals surface area (Å²) in [7, 11) is 0. The zero-order chi connectivity index (χ0) is 24.7. The number of rotatable bonds is 4. The smallest absolute Gasteiger partial charge is 0.327 e. The number of fused-ring (bicyclic) bond motifs is 1. The largest absolute Gasteiger partial charge is 0.480 e. The second-order valence-corrected chi connectivity index (χ2v) is 9.43. The van der Waals surface area contributed by atoms with Crippen LogP contribution in [0.3, 0.4) is 0 Å². The molecular weight excluding hydrogens is 464 g/mol. The maximum Gasteiger partial charge on any atom is 0.327 e. The number of anilines is 1. The molecule has 4 aromatic rings. The van der Waals surface area contributed by atoms with Gasteiger partial charge in [-0.05, 0) is 68.8 Å². The van der Waals surface area contributed by atoms with E-state index in [1.165, 1.54) is 10.5 Å². The molecular formula is C25H22N6O3S. The van der Waals surface area contributed by atoms with Crippen molar-refractivity contribution in [2.75, 3.05) is 4.90 Å². The maximum atomic E-state index is 12.3. The fourth-order valence-electron chi connectivity index (χ4n) is 4.00. The molecule has 1 atom stereocenters. The third-order valence-corrected chi connectivity index (χ3v) is 6.63. The number of nitrogens with zero attached hydrogens (tertiary/aromatic N) is 5. The van der Waals surface area contributed by atoms with Gasteiger partial charge in [-0.2, -0.15) is 4.99 Å². The van der Waals surface area contributed by atoms with Crippen LogP contribution in [0.1, 0.15) is 23.4 Å². The predicted molar refractivity (Wildman–Crippen MR) is 135 cm³/mol. The number of nitrogens with one attached hydrogen (secondary N) is 1. The number of aromatic nitrogens is 3. The Hall–Kier alpha value is -4.18. The number of carboxylic acids is 1. The van der Waals surface area contributed by atoms with Gasteiger partial charge in [0.2, 0.25) is 11.9 Å². The van der Waals surface area contributed by atoms with Crippen LogP contribution in [0.2, 0.25) is 0 Å². The van der Waals surface area contributed by atoms with Crippen LogP contribution in [0.5, 0.6) is 0 Å². The Labute approximate surface area is 205 Å². The molecule has 35 heavy (non-hydrogen) atoms. The zero-order valence-corrected chi connectivity index (χ0v) is 20.1.